The Morgan fingerprint density at radius 1 is 0.812 bits per heavy atom. The fraction of sp³-hybridized carbons (Fsp3) is 0.0741. The normalized spacial score (nSPS) is 12.0. The largest absolute Gasteiger partial charge is 0.361 e. The van der Waals surface area contributed by atoms with E-state index in [1.165, 1.54) is 0 Å². The molecule has 5 rings (SSSR count). The minimum atomic E-state index is -3.85. The Kier molecular flexibility index (Phi) is 4.86. The van der Waals surface area contributed by atoms with E-state index in [-0.39, 0.29) is 15.5 Å². The molecule has 0 atom stereocenters. The minimum absolute atomic E-state index is 0.143. The van der Waals surface area contributed by atoms with E-state index in [2.05, 4.69) is 4.79 Å². The highest BCUT2D eigenvalue weighted by Gasteiger charge is 2.34. The topological polar surface area (TPSA) is 70.5 Å². The molecule has 4 aromatic rings. The quantitative estimate of drug-likeness (QED) is 0.213. The molecule has 0 aromatic heterocycles. The van der Waals surface area contributed by atoms with Gasteiger partial charge in [0.1, 0.15) is 0 Å². The van der Waals surface area contributed by atoms with Crippen LogP contribution in [0.3, 0.4) is 0 Å². The van der Waals surface area contributed by atoms with Gasteiger partial charge < -0.3 is 5.53 Å². The summed E-state index contributed by atoms with van der Waals surface area (Å²) in [6.07, 6.45) is 0.573. The molecule has 0 fully saturated rings. The second-order valence-corrected chi connectivity index (χ2v) is 9.85. The first-order valence-electron chi connectivity index (χ1n) is 10.3. The van der Waals surface area contributed by atoms with Crippen LogP contribution in [0.15, 0.2) is 101 Å². The highest BCUT2D eigenvalue weighted by molar-refractivity contribution is 7.91. The smallest absolute Gasteiger partial charge is 0.331 e. The van der Waals surface area contributed by atoms with Crippen molar-refractivity contribution in [3.8, 4) is 11.1 Å². The maximum absolute atomic E-state index is 13.8. The summed E-state index contributed by atoms with van der Waals surface area (Å²) in [6.45, 7) is 1.92. The van der Waals surface area contributed by atoms with Gasteiger partial charge >= 0.3 is 5.71 Å². The van der Waals surface area contributed by atoms with E-state index in [0.717, 1.165) is 27.8 Å². The van der Waals surface area contributed by atoms with Crippen molar-refractivity contribution in [2.75, 3.05) is 0 Å². The number of fused-ring (bicyclic) bond motifs is 3. The van der Waals surface area contributed by atoms with Crippen LogP contribution in [0, 0.1) is 6.92 Å². The molecule has 0 saturated carbocycles. The van der Waals surface area contributed by atoms with Crippen molar-refractivity contribution in [1.82, 2.24) is 0 Å². The molecule has 32 heavy (non-hydrogen) atoms. The van der Waals surface area contributed by atoms with Crippen molar-refractivity contribution in [3.63, 3.8) is 0 Å². The minimum Gasteiger partial charge on any atom is -0.361 e. The van der Waals surface area contributed by atoms with Crippen molar-refractivity contribution in [3.05, 3.63) is 124 Å². The number of aryl methyl sites for hydroxylation is 1. The van der Waals surface area contributed by atoms with Crippen LogP contribution >= 0.6 is 0 Å². The average molecular weight is 437 g/mol. The third-order valence-corrected chi connectivity index (χ3v) is 7.77. The van der Waals surface area contributed by atoms with Crippen LogP contribution < -0.4 is 0 Å². The fourth-order valence-electron chi connectivity index (χ4n) is 4.37. The molecular formula is C27H20N2O2S. The molecule has 4 nitrogen and oxygen atoms in total. The van der Waals surface area contributed by atoms with Gasteiger partial charge in [-0.25, -0.2) is 8.42 Å². The molecule has 0 amide bonds. The molecular weight excluding hydrogens is 416 g/mol. The van der Waals surface area contributed by atoms with E-state index in [0.29, 0.717) is 17.5 Å². The monoisotopic (exact) mass is 436 g/mol. The Hall–Kier alpha value is -3.79. The maximum atomic E-state index is 13.8. The number of hydrogen-bond donors (Lipinski definition) is 0. The van der Waals surface area contributed by atoms with Crippen LogP contribution in [-0.4, -0.2) is 18.9 Å². The molecule has 0 saturated heterocycles. The molecule has 0 unspecified atom stereocenters. The lowest BCUT2D eigenvalue weighted by Gasteiger charge is -2.13. The molecule has 5 heteroatoms. The Bertz CT molecular complexity index is 1500. The van der Waals surface area contributed by atoms with Crippen LogP contribution in [-0.2, 0) is 16.3 Å². The molecule has 0 spiro atoms. The predicted octanol–water partition coefficient (Wildman–Crippen LogP) is 5.47. The average Bonchev–Trinajstić information content (AvgIpc) is 3.20. The molecule has 0 bridgehead atoms. The Morgan fingerprint density at radius 2 is 1.50 bits per heavy atom. The van der Waals surface area contributed by atoms with E-state index >= 15 is 0 Å². The first-order chi connectivity index (χ1) is 15.5. The highest BCUT2D eigenvalue weighted by Crippen LogP contribution is 2.42. The van der Waals surface area contributed by atoms with Crippen LogP contribution in [0.25, 0.3) is 16.7 Å². The Balaban J connectivity index is 1.82. The van der Waals surface area contributed by atoms with E-state index in [4.69, 9.17) is 0 Å². The van der Waals surface area contributed by atoms with Gasteiger partial charge in [-0.3, -0.25) is 0 Å². The molecule has 0 aliphatic heterocycles. The van der Waals surface area contributed by atoms with Crippen LogP contribution in [0.4, 0.5) is 0 Å². The number of sulfone groups is 1. The van der Waals surface area contributed by atoms with Gasteiger partial charge in [-0.15, -0.1) is 0 Å². The predicted molar refractivity (Wildman–Crippen MR) is 125 cm³/mol. The molecule has 0 N–H and O–H groups in total. The lowest BCUT2D eigenvalue weighted by atomic mass is 9.94. The molecule has 4 aromatic carbocycles. The van der Waals surface area contributed by atoms with Crippen molar-refractivity contribution in [2.24, 2.45) is 0 Å². The number of benzene rings is 4. The first-order valence-corrected chi connectivity index (χ1v) is 11.8. The van der Waals surface area contributed by atoms with Crippen LogP contribution in [0.5, 0.6) is 0 Å². The first kappa shape index (κ1) is 20.1. The van der Waals surface area contributed by atoms with Gasteiger partial charge in [0, 0.05) is 0 Å². The molecule has 156 valence electrons. The summed E-state index contributed by atoms with van der Waals surface area (Å²) >= 11 is 0. The zero-order valence-corrected chi connectivity index (χ0v) is 18.3. The number of hydrogen-bond acceptors (Lipinski definition) is 2. The molecule has 1 aliphatic rings. The fourth-order valence-corrected chi connectivity index (χ4v) is 5.85. The third-order valence-electron chi connectivity index (χ3n) is 5.95. The SMILES string of the molecule is Cc1ccc(S(=O)(=O)c2ccc3c(c2C(=[N+]=[N-])c2ccccc2)Cc2ccccc2-3)cc1. The second kappa shape index (κ2) is 7.72. The Labute approximate surface area is 187 Å². The van der Waals surface area contributed by atoms with E-state index in [9.17, 15) is 13.9 Å². The van der Waals surface area contributed by atoms with Gasteiger partial charge in [0.05, 0.1) is 20.9 Å². The van der Waals surface area contributed by atoms with Crippen LogP contribution in [0.1, 0.15) is 27.8 Å². The number of nitrogens with zero attached hydrogens (tertiary/aromatic N) is 2. The summed E-state index contributed by atoms with van der Waals surface area (Å²) in [5.74, 6) is 0. The zero-order chi connectivity index (χ0) is 22.3. The van der Waals surface area contributed by atoms with Gasteiger partial charge in [-0.05, 0) is 65.9 Å². The van der Waals surface area contributed by atoms with Gasteiger partial charge in [0.25, 0.3) is 0 Å². The summed E-state index contributed by atoms with van der Waals surface area (Å²) in [6, 6.07) is 27.5. The molecule has 0 radical (unpaired) electrons. The third kappa shape index (κ3) is 3.19. The summed E-state index contributed by atoms with van der Waals surface area (Å²) in [5, 5.41) is 0. The summed E-state index contributed by atoms with van der Waals surface area (Å²) < 4.78 is 27.5. The molecule has 1 aliphatic carbocycles. The summed E-state index contributed by atoms with van der Waals surface area (Å²) in [4.78, 5) is 3.96. The van der Waals surface area contributed by atoms with Gasteiger partial charge in [0.15, 0.2) is 0 Å². The van der Waals surface area contributed by atoms with Crippen molar-refractivity contribution in [1.29, 1.82) is 0 Å². The lowest BCUT2D eigenvalue weighted by molar-refractivity contribution is -0.00306. The lowest BCUT2D eigenvalue weighted by Crippen LogP contribution is -2.15. The summed E-state index contributed by atoms with van der Waals surface area (Å²) in [5.41, 5.74) is 16.4. The standard InChI is InChI=1S/C27H20N2O2S/c1-18-11-13-21(14-12-18)32(30,31)25-16-15-23-22-10-6-5-9-20(22)17-24(23)26(25)27(29-28)19-7-3-2-4-8-19/h2-16H,17H2,1H3. The van der Waals surface area contributed by atoms with E-state index in [1.807, 2.05) is 67.6 Å². The van der Waals surface area contributed by atoms with Crippen molar-refractivity contribution >= 4 is 15.5 Å². The van der Waals surface area contributed by atoms with Gasteiger partial charge in [-0.2, -0.15) is 4.79 Å². The van der Waals surface area contributed by atoms with Gasteiger partial charge in [0.2, 0.25) is 9.84 Å². The van der Waals surface area contributed by atoms with Gasteiger partial charge in [-0.1, -0.05) is 66.2 Å². The van der Waals surface area contributed by atoms with E-state index in [1.54, 1.807) is 30.3 Å². The molecule has 0 heterocycles. The summed E-state index contributed by atoms with van der Waals surface area (Å²) in [7, 11) is -3.85. The second-order valence-electron chi connectivity index (χ2n) is 7.93. The van der Waals surface area contributed by atoms with Crippen LogP contribution in [0.2, 0.25) is 0 Å². The van der Waals surface area contributed by atoms with E-state index < -0.39 is 9.84 Å². The Morgan fingerprint density at radius 3 is 2.22 bits per heavy atom. The highest BCUT2D eigenvalue weighted by atomic mass is 32.2. The van der Waals surface area contributed by atoms with Crippen molar-refractivity contribution in [2.45, 2.75) is 23.1 Å². The zero-order valence-electron chi connectivity index (χ0n) is 17.5. The number of rotatable bonds is 4. The maximum Gasteiger partial charge on any atom is 0.331 e. The van der Waals surface area contributed by atoms with Crippen molar-refractivity contribution < 1.29 is 13.2 Å².